The van der Waals surface area contributed by atoms with E-state index in [4.69, 9.17) is 21.1 Å². The molecular formula is C13H8BrClO3. The zero-order chi connectivity index (χ0) is 13.1. The highest BCUT2D eigenvalue weighted by molar-refractivity contribution is 9.10. The highest BCUT2D eigenvalue weighted by Crippen LogP contribution is 2.28. The minimum absolute atomic E-state index is 0.347. The predicted octanol–water partition coefficient (Wildman–Crippen LogP) is 4.42. The van der Waals surface area contributed by atoms with E-state index in [1.54, 1.807) is 6.07 Å². The summed E-state index contributed by atoms with van der Waals surface area (Å²) in [7, 11) is 0. The third kappa shape index (κ3) is 3.03. The number of carbonyl (C=O) groups is 1. The molecule has 2 rings (SSSR count). The van der Waals surface area contributed by atoms with E-state index in [2.05, 4.69) is 15.9 Å². The summed E-state index contributed by atoms with van der Waals surface area (Å²) in [5.74, 6) is -0.524. The number of allylic oxidation sites excluding steroid dienone is 2. The van der Waals surface area contributed by atoms with Gasteiger partial charge in [-0.2, -0.15) is 0 Å². The quantitative estimate of drug-likeness (QED) is 0.671. The second-order valence-electron chi connectivity index (χ2n) is 3.50. The average Bonchev–Trinajstić information content (AvgIpc) is 2.71. The lowest BCUT2D eigenvalue weighted by atomic mass is 10.2. The predicted molar refractivity (Wildman–Crippen MR) is 74.5 cm³/mol. The Labute approximate surface area is 116 Å². The maximum atomic E-state index is 10.3. The molecule has 0 fully saturated rings. The fraction of sp³-hybridized carbons (Fsp3) is 0. The molecule has 0 spiro atoms. The molecule has 0 atom stereocenters. The molecule has 0 bridgehead atoms. The van der Waals surface area contributed by atoms with Crippen molar-refractivity contribution in [3.63, 3.8) is 0 Å². The van der Waals surface area contributed by atoms with Crippen molar-refractivity contribution in [3.05, 3.63) is 52.7 Å². The fourth-order valence-corrected chi connectivity index (χ4v) is 1.97. The molecule has 0 unspecified atom stereocenters. The Balaban J connectivity index is 2.33. The van der Waals surface area contributed by atoms with Crippen LogP contribution in [0.5, 0.6) is 0 Å². The van der Waals surface area contributed by atoms with Crippen LogP contribution in [-0.4, -0.2) is 11.1 Å². The Hall–Kier alpha value is -1.52. The summed E-state index contributed by atoms with van der Waals surface area (Å²) in [5.41, 5.74) is 0.724. The maximum Gasteiger partial charge on any atom is 0.328 e. The zero-order valence-electron chi connectivity index (χ0n) is 9.06. The highest BCUT2D eigenvalue weighted by atomic mass is 79.9. The molecular weight excluding hydrogens is 319 g/mol. The Morgan fingerprint density at radius 1 is 1.39 bits per heavy atom. The van der Waals surface area contributed by atoms with Gasteiger partial charge < -0.3 is 9.52 Å². The number of carboxylic acids is 1. The first kappa shape index (κ1) is 12.9. The molecule has 0 radical (unpaired) electrons. The lowest BCUT2D eigenvalue weighted by Gasteiger charge is -1.90. The second kappa shape index (κ2) is 5.42. The second-order valence-corrected chi connectivity index (χ2v) is 4.83. The molecule has 1 aromatic heterocycles. The average molecular weight is 328 g/mol. The minimum Gasteiger partial charge on any atom is -0.478 e. The molecule has 0 saturated heterocycles. The van der Waals surface area contributed by atoms with E-state index in [0.717, 1.165) is 21.5 Å². The van der Waals surface area contributed by atoms with Gasteiger partial charge in [-0.05, 0) is 30.3 Å². The summed E-state index contributed by atoms with van der Waals surface area (Å²) < 4.78 is 6.49. The van der Waals surface area contributed by atoms with Crippen LogP contribution in [0.25, 0.3) is 16.0 Å². The van der Waals surface area contributed by atoms with Crippen molar-refractivity contribution in [2.24, 2.45) is 0 Å². The first-order chi connectivity index (χ1) is 8.56. The van der Waals surface area contributed by atoms with Crippen molar-refractivity contribution in [1.82, 2.24) is 0 Å². The van der Waals surface area contributed by atoms with E-state index in [1.807, 2.05) is 18.2 Å². The van der Waals surface area contributed by atoms with Gasteiger partial charge in [-0.25, -0.2) is 4.79 Å². The van der Waals surface area contributed by atoms with Gasteiger partial charge in [-0.1, -0.05) is 33.6 Å². The van der Waals surface area contributed by atoms with E-state index in [1.165, 1.54) is 12.2 Å². The summed E-state index contributed by atoms with van der Waals surface area (Å²) >= 11 is 9.38. The molecule has 2 aromatic rings. The van der Waals surface area contributed by atoms with Crippen LogP contribution in [0.2, 0.25) is 0 Å². The molecule has 0 aliphatic carbocycles. The van der Waals surface area contributed by atoms with E-state index in [0.29, 0.717) is 10.8 Å². The van der Waals surface area contributed by atoms with Crippen LogP contribution in [0.3, 0.4) is 0 Å². The normalized spacial score (nSPS) is 12.4. The zero-order valence-corrected chi connectivity index (χ0v) is 11.4. The number of carboxylic acid groups (broad SMARTS) is 1. The fourth-order valence-electron chi connectivity index (χ4n) is 1.43. The third-order valence-corrected chi connectivity index (χ3v) is 3.00. The Kier molecular flexibility index (Phi) is 3.89. The van der Waals surface area contributed by atoms with Crippen molar-refractivity contribution in [2.75, 3.05) is 0 Å². The van der Waals surface area contributed by atoms with E-state index < -0.39 is 5.97 Å². The monoisotopic (exact) mass is 326 g/mol. The van der Waals surface area contributed by atoms with Crippen LogP contribution >= 0.6 is 27.5 Å². The van der Waals surface area contributed by atoms with Crippen LogP contribution in [-0.2, 0) is 4.79 Å². The molecule has 0 amide bonds. The lowest BCUT2D eigenvalue weighted by Crippen LogP contribution is -1.84. The number of hydrogen-bond acceptors (Lipinski definition) is 2. The van der Waals surface area contributed by atoms with E-state index in [-0.39, 0.29) is 0 Å². The van der Waals surface area contributed by atoms with Gasteiger partial charge in [0.15, 0.2) is 0 Å². The highest BCUT2D eigenvalue weighted by Gasteiger charge is 2.06. The van der Waals surface area contributed by atoms with Crippen molar-refractivity contribution in [2.45, 2.75) is 0 Å². The molecule has 0 saturated carbocycles. The lowest BCUT2D eigenvalue weighted by molar-refractivity contribution is -0.131. The van der Waals surface area contributed by atoms with Gasteiger partial charge >= 0.3 is 5.97 Å². The Morgan fingerprint density at radius 3 is 2.89 bits per heavy atom. The number of aliphatic carboxylic acids is 1. The third-order valence-electron chi connectivity index (χ3n) is 2.20. The van der Waals surface area contributed by atoms with E-state index >= 15 is 0 Å². The van der Waals surface area contributed by atoms with Gasteiger partial charge in [-0.3, -0.25) is 0 Å². The molecule has 1 N–H and O–H groups in total. The van der Waals surface area contributed by atoms with Gasteiger partial charge in [0.05, 0.1) is 5.03 Å². The standard InChI is InChI=1S/C13H8BrClO3/c14-9-4-5-11-8(6-9)7-12(18-11)10(15)2-1-3-13(16)17/h1-7H,(H,16,17). The smallest absolute Gasteiger partial charge is 0.328 e. The first-order valence-corrected chi connectivity index (χ1v) is 6.19. The molecule has 5 heteroatoms. The van der Waals surface area contributed by atoms with Crippen LogP contribution in [0.15, 0.2) is 51.4 Å². The summed E-state index contributed by atoms with van der Waals surface area (Å²) in [4.78, 5) is 10.3. The summed E-state index contributed by atoms with van der Waals surface area (Å²) in [6.07, 6.45) is 3.83. The minimum atomic E-state index is -1.02. The summed E-state index contributed by atoms with van der Waals surface area (Å²) in [6, 6.07) is 7.42. The largest absolute Gasteiger partial charge is 0.478 e. The molecule has 1 aromatic carbocycles. The topological polar surface area (TPSA) is 50.4 Å². The Bertz CT molecular complexity index is 655. The number of halogens is 2. The summed E-state index contributed by atoms with van der Waals surface area (Å²) in [6.45, 7) is 0. The van der Waals surface area contributed by atoms with Gasteiger partial charge in [-0.15, -0.1) is 0 Å². The SMILES string of the molecule is O=C(O)C=CC=C(Cl)c1cc2cc(Br)ccc2o1. The maximum absolute atomic E-state index is 10.3. The van der Waals surface area contributed by atoms with Crippen LogP contribution in [0, 0.1) is 0 Å². The van der Waals surface area contributed by atoms with E-state index in [9.17, 15) is 4.79 Å². The number of rotatable bonds is 3. The molecule has 0 aliphatic rings. The number of hydrogen-bond donors (Lipinski definition) is 1. The van der Waals surface area contributed by atoms with Crippen LogP contribution < -0.4 is 0 Å². The van der Waals surface area contributed by atoms with Crippen molar-refractivity contribution in [3.8, 4) is 0 Å². The molecule has 1 heterocycles. The van der Waals surface area contributed by atoms with Crippen LogP contribution in [0.1, 0.15) is 5.76 Å². The summed E-state index contributed by atoms with van der Waals surface area (Å²) in [5, 5.41) is 9.73. The molecule has 3 nitrogen and oxygen atoms in total. The van der Waals surface area contributed by atoms with Crippen LogP contribution in [0.4, 0.5) is 0 Å². The van der Waals surface area contributed by atoms with Gasteiger partial charge in [0.25, 0.3) is 0 Å². The number of benzene rings is 1. The number of furan rings is 1. The molecule has 0 aliphatic heterocycles. The Morgan fingerprint density at radius 2 is 2.17 bits per heavy atom. The molecule has 18 heavy (non-hydrogen) atoms. The van der Waals surface area contributed by atoms with Gasteiger partial charge in [0.2, 0.25) is 0 Å². The van der Waals surface area contributed by atoms with Crippen molar-refractivity contribution < 1.29 is 14.3 Å². The van der Waals surface area contributed by atoms with Gasteiger partial charge in [0, 0.05) is 15.9 Å². The first-order valence-electron chi connectivity index (χ1n) is 5.02. The molecule has 92 valence electrons. The number of fused-ring (bicyclic) bond motifs is 1. The van der Waals surface area contributed by atoms with Gasteiger partial charge in [0.1, 0.15) is 11.3 Å². The van der Waals surface area contributed by atoms with Crippen molar-refractivity contribution in [1.29, 1.82) is 0 Å². The van der Waals surface area contributed by atoms with Crippen molar-refractivity contribution >= 4 is 49.5 Å².